The first-order chi connectivity index (χ1) is 15.6. The number of hydrogen-bond donors (Lipinski definition) is 0. The number of benzene rings is 2. The van der Waals surface area contributed by atoms with Crippen LogP contribution in [0.5, 0.6) is 11.5 Å². The summed E-state index contributed by atoms with van der Waals surface area (Å²) in [4.78, 5) is 4.84. The Balaban J connectivity index is 1.70. The van der Waals surface area contributed by atoms with E-state index in [-0.39, 0.29) is 11.9 Å². The summed E-state index contributed by atoms with van der Waals surface area (Å²) in [5.74, 6) is 1.82. The van der Waals surface area contributed by atoms with Gasteiger partial charge in [-0.15, -0.1) is 5.10 Å². The number of rotatable bonds is 8. The summed E-state index contributed by atoms with van der Waals surface area (Å²) in [6, 6.07) is 12.2. The molecule has 170 valence electrons. The molecule has 1 aliphatic rings. The lowest BCUT2D eigenvalue weighted by Gasteiger charge is -2.38. The van der Waals surface area contributed by atoms with E-state index in [0.29, 0.717) is 18.0 Å². The number of aromatic nitrogens is 4. The van der Waals surface area contributed by atoms with Crippen molar-refractivity contribution in [3.8, 4) is 11.5 Å². The lowest BCUT2D eigenvalue weighted by molar-refractivity contribution is 0.108. The zero-order chi connectivity index (χ0) is 22.5. The number of halogens is 1. The second-order valence-corrected chi connectivity index (χ2v) is 7.81. The predicted molar refractivity (Wildman–Crippen MR) is 118 cm³/mol. The van der Waals surface area contributed by atoms with Crippen molar-refractivity contribution < 1.29 is 13.9 Å². The summed E-state index contributed by atoms with van der Waals surface area (Å²) in [5.41, 5.74) is 1.96. The number of methoxy groups -OCH3 is 2. The first-order valence-electron chi connectivity index (χ1n) is 10.8. The van der Waals surface area contributed by atoms with Gasteiger partial charge in [0.15, 0.2) is 17.3 Å². The van der Waals surface area contributed by atoms with Crippen molar-refractivity contribution in [3.05, 3.63) is 65.2 Å². The summed E-state index contributed by atoms with van der Waals surface area (Å²) >= 11 is 0. The molecule has 2 heterocycles. The van der Waals surface area contributed by atoms with Crippen molar-refractivity contribution in [1.82, 2.24) is 30.0 Å². The van der Waals surface area contributed by atoms with Gasteiger partial charge >= 0.3 is 0 Å². The molecular weight excluding hydrogens is 411 g/mol. The first kappa shape index (κ1) is 22.2. The maximum Gasteiger partial charge on any atom is 0.173 e. The second-order valence-electron chi connectivity index (χ2n) is 7.81. The van der Waals surface area contributed by atoms with Crippen LogP contribution < -0.4 is 9.47 Å². The van der Waals surface area contributed by atoms with E-state index in [2.05, 4.69) is 32.2 Å². The van der Waals surface area contributed by atoms with Gasteiger partial charge in [0.2, 0.25) is 0 Å². The molecule has 0 aliphatic carbocycles. The van der Waals surface area contributed by atoms with Crippen molar-refractivity contribution in [1.29, 1.82) is 0 Å². The molecule has 1 aromatic heterocycles. The van der Waals surface area contributed by atoms with Crippen LogP contribution in [-0.4, -0.2) is 77.0 Å². The van der Waals surface area contributed by atoms with Gasteiger partial charge in [-0.3, -0.25) is 4.90 Å². The monoisotopic (exact) mass is 440 g/mol. The summed E-state index contributed by atoms with van der Waals surface area (Å²) in [7, 11) is 3.26. The van der Waals surface area contributed by atoms with Gasteiger partial charge in [0, 0.05) is 26.2 Å². The summed E-state index contributed by atoms with van der Waals surface area (Å²) in [6.45, 7) is 7.45. The Hall–Kier alpha value is -3.04. The Kier molecular flexibility index (Phi) is 6.96. The van der Waals surface area contributed by atoms with Crippen LogP contribution in [-0.2, 0) is 6.54 Å². The van der Waals surface area contributed by atoms with E-state index in [9.17, 15) is 4.39 Å². The summed E-state index contributed by atoms with van der Waals surface area (Å²) < 4.78 is 26.1. The van der Waals surface area contributed by atoms with E-state index < -0.39 is 0 Å². The second kappa shape index (κ2) is 10.1. The van der Waals surface area contributed by atoms with Crippen molar-refractivity contribution in [2.45, 2.75) is 19.5 Å². The quantitative estimate of drug-likeness (QED) is 0.533. The van der Waals surface area contributed by atoms with Crippen molar-refractivity contribution in [3.63, 3.8) is 0 Å². The van der Waals surface area contributed by atoms with Crippen LogP contribution in [0.2, 0.25) is 0 Å². The van der Waals surface area contributed by atoms with E-state index in [4.69, 9.17) is 9.47 Å². The van der Waals surface area contributed by atoms with Crippen molar-refractivity contribution in [2.24, 2.45) is 0 Å². The van der Waals surface area contributed by atoms with Gasteiger partial charge in [-0.05, 0) is 52.4 Å². The van der Waals surface area contributed by atoms with Crippen molar-refractivity contribution >= 4 is 0 Å². The fraction of sp³-hybridized carbons (Fsp3) is 0.435. The van der Waals surface area contributed by atoms with Crippen LogP contribution in [0.25, 0.3) is 0 Å². The molecule has 1 saturated heterocycles. The molecule has 1 aliphatic heterocycles. The molecule has 0 bridgehead atoms. The van der Waals surface area contributed by atoms with Gasteiger partial charge in [-0.1, -0.05) is 25.1 Å². The highest BCUT2D eigenvalue weighted by Gasteiger charge is 2.31. The van der Waals surface area contributed by atoms with E-state index in [1.54, 1.807) is 31.0 Å². The largest absolute Gasteiger partial charge is 0.493 e. The van der Waals surface area contributed by atoms with Crippen LogP contribution in [0.15, 0.2) is 42.5 Å². The summed E-state index contributed by atoms with van der Waals surface area (Å²) in [5, 5.41) is 12.7. The fourth-order valence-corrected chi connectivity index (χ4v) is 4.17. The molecule has 2 aromatic carbocycles. The molecule has 0 spiro atoms. The van der Waals surface area contributed by atoms with Crippen LogP contribution in [0.1, 0.15) is 29.9 Å². The zero-order valence-corrected chi connectivity index (χ0v) is 18.7. The molecule has 1 fully saturated rings. The molecule has 32 heavy (non-hydrogen) atoms. The topological polar surface area (TPSA) is 68.5 Å². The third-order valence-electron chi connectivity index (χ3n) is 5.99. The van der Waals surface area contributed by atoms with Gasteiger partial charge in [0.25, 0.3) is 0 Å². The zero-order valence-electron chi connectivity index (χ0n) is 18.7. The normalized spacial score (nSPS) is 16.1. The Labute approximate surface area is 187 Å². The molecule has 1 atom stereocenters. The molecule has 0 N–H and O–H groups in total. The number of hydrogen-bond acceptors (Lipinski definition) is 7. The van der Waals surface area contributed by atoms with Gasteiger partial charge in [0.05, 0.1) is 26.8 Å². The number of likely N-dealkylation sites (N-methyl/N-ethyl adjacent to an activating group) is 1. The molecule has 0 saturated carbocycles. The molecule has 8 nitrogen and oxygen atoms in total. The van der Waals surface area contributed by atoms with Crippen LogP contribution in [0.4, 0.5) is 4.39 Å². The van der Waals surface area contributed by atoms with E-state index in [0.717, 1.165) is 49.7 Å². The van der Waals surface area contributed by atoms with Crippen LogP contribution >= 0.6 is 0 Å². The molecule has 0 unspecified atom stereocenters. The third-order valence-corrected chi connectivity index (χ3v) is 5.99. The minimum Gasteiger partial charge on any atom is -0.493 e. The fourth-order valence-electron chi connectivity index (χ4n) is 4.17. The smallest absolute Gasteiger partial charge is 0.173 e. The van der Waals surface area contributed by atoms with Crippen molar-refractivity contribution in [2.75, 3.05) is 46.9 Å². The maximum absolute atomic E-state index is 13.4. The third kappa shape index (κ3) is 4.73. The lowest BCUT2D eigenvalue weighted by Crippen LogP contribution is -2.48. The summed E-state index contributed by atoms with van der Waals surface area (Å²) in [6.07, 6.45) is 0. The first-order valence-corrected chi connectivity index (χ1v) is 10.8. The molecule has 3 aromatic rings. The molecule has 0 amide bonds. The minimum atomic E-state index is -0.261. The lowest BCUT2D eigenvalue weighted by atomic mass is 10.0. The average molecular weight is 441 g/mol. The number of piperazine rings is 1. The van der Waals surface area contributed by atoms with Crippen LogP contribution in [0, 0.1) is 5.82 Å². The highest BCUT2D eigenvalue weighted by Crippen LogP contribution is 2.35. The van der Waals surface area contributed by atoms with Gasteiger partial charge in [-0.25, -0.2) is 9.07 Å². The number of ether oxygens (including phenoxy) is 2. The number of nitrogens with zero attached hydrogens (tertiary/aromatic N) is 6. The Morgan fingerprint density at radius 2 is 1.69 bits per heavy atom. The Morgan fingerprint density at radius 1 is 0.969 bits per heavy atom. The molecule has 0 radical (unpaired) electrons. The Morgan fingerprint density at radius 3 is 2.34 bits per heavy atom. The molecular formula is C23H29FN6O2. The minimum absolute atomic E-state index is 0.149. The van der Waals surface area contributed by atoms with Gasteiger partial charge < -0.3 is 14.4 Å². The van der Waals surface area contributed by atoms with E-state index in [1.807, 2.05) is 18.2 Å². The maximum atomic E-state index is 13.4. The highest BCUT2D eigenvalue weighted by atomic mass is 19.1. The SMILES string of the molecule is CCN1CCN([C@H](c2ccc(OC)c(OC)c2)c2nnnn2Cc2ccc(F)cc2)CC1. The van der Waals surface area contributed by atoms with Gasteiger partial charge in [0.1, 0.15) is 5.82 Å². The molecule has 9 heteroatoms. The highest BCUT2D eigenvalue weighted by molar-refractivity contribution is 5.45. The Bertz CT molecular complexity index is 1020. The van der Waals surface area contributed by atoms with Gasteiger partial charge in [-0.2, -0.15) is 0 Å². The number of tetrazole rings is 1. The van der Waals surface area contributed by atoms with E-state index >= 15 is 0 Å². The average Bonchev–Trinajstić information content (AvgIpc) is 3.28. The molecule has 4 rings (SSSR count). The van der Waals surface area contributed by atoms with Crippen LogP contribution in [0.3, 0.4) is 0 Å². The predicted octanol–water partition coefficient (Wildman–Crippen LogP) is 2.60. The van der Waals surface area contributed by atoms with E-state index in [1.165, 1.54) is 12.1 Å². The standard InChI is InChI=1S/C23H29FN6O2/c1-4-28-11-13-29(14-12-28)22(18-7-10-20(31-2)21(15-18)32-3)23-25-26-27-30(23)16-17-5-8-19(24)9-6-17/h5-10,15,22H,4,11-14,16H2,1-3H3/t22-/m1/s1.